The van der Waals surface area contributed by atoms with Crippen LogP contribution in [0, 0.1) is 6.92 Å². The minimum absolute atomic E-state index is 0.322. The SMILES string of the molecule is CCCNC(Cc1ccc(Cl)cc1)c1ccc(C)c(Br)c1. The van der Waals surface area contributed by atoms with Gasteiger partial charge in [0.15, 0.2) is 0 Å². The Labute approximate surface area is 140 Å². The molecule has 0 aliphatic rings. The average molecular weight is 367 g/mol. The lowest BCUT2D eigenvalue weighted by Crippen LogP contribution is -2.24. The van der Waals surface area contributed by atoms with Gasteiger partial charge in [-0.25, -0.2) is 0 Å². The molecule has 0 saturated carbocycles. The summed E-state index contributed by atoms with van der Waals surface area (Å²) >= 11 is 9.60. The van der Waals surface area contributed by atoms with Crippen molar-refractivity contribution in [1.82, 2.24) is 5.32 Å². The van der Waals surface area contributed by atoms with E-state index in [1.807, 2.05) is 12.1 Å². The Morgan fingerprint density at radius 3 is 2.48 bits per heavy atom. The Hall–Kier alpha value is -0.830. The molecule has 0 radical (unpaired) electrons. The van der Waals surface area contributed by atoms with Gasteiger partial charge in [-0.15, -0.1) is 0 Å². The number of benzene rings is 2. The second-order valence-electron chi connectivity index (χ2n) is 5.35. The quantitative estimate of drug-likeness (QED) is 0.692. The van der Waals surface area contributed by atoms with Crippen molar-refractivity contribution >= 4 is 27.5 Å². The molecular formula is C18H21BrClN. The van der Waals surface area contributed by atoms with Gasteiger partial charge in [0, 0.05) is 15.5 Å². The zero-order valence-corrected chi connectivity index (χ0v) is 14.8. The Kier molecular flexibility index (Phi) is 6.28. The number of nitrogens with one attached hydrogen (secondary N) is 1. The fourth-order valence-corrected chi connectivity index (χ4v) is 2.83. The van der Waals surface area contributed by atoms with Crippen molar-refractivity contribution < 1.29 is 0 Å². The standard InChI is InChI=1S/C18H21BrClN/c1-3-10-21-18(11-14-5-8-16(20)9-6-14)15-7-4-13(2)17(19)12-15/h4-9,12,18,21H,3,10-11H2,1-2H3. The lowest BCUT2D eigenvalue weighted by atomic mass is 9.98. The minimum Gasteiger partial charge on any atom is -0.310 e. The molecular weight excluding hydrogens is 346 g/mol. The van der Waals surface area contributed by atoms with Crippen molar-refractivity contribution in [3.63, 3.8) is 0 Å². The molecule has 0 heterocycles. The maximum Gasteiger partial charge on any atom is 0.0406 e. The van der Waals surface area contributed by atoms with Crippen molar-refractivity contribution in [3.05, 3.63) is 68.7 Å². The predicted molar refractivity (Wildman–Crippen MR) is 95.1 cm³/mol. The molecule has 2 rings (SSSR count). The largest absolute Gasteiger partial charge is 0.310 e. The number of hydrogen-bond acceptors (Lipinski definition) is 1. The topological polar surface area (TPSA) is 12.0 Å². The first-order valence-corrected chi connectivity index (χ1v) is 8.51. The van der Waals surface area contributed by atoms with E-state index >= 15 is 0 Å². The van der Waals surface area contributed by atoms with Gasteiger partial charge in [0.25, 0.3) is 0 Å². The molecule has 0 amide bonds. The van der Waals surface area contributed by atoms with Gasteiger partial charge < -0.3 is 5.32 Å². The minimum atomic E-state index is 0.322. The van der Waals surface area contributed by atoms with Crippen molar-refractivity contribution in [2.75, 3.05) is 6.54 Å². The van der Waals surface area contributed by atoms with Crippen LogP contribution in [0.1, 0.15) is 36.1 Å². The molecule has 2 aromatic rings. The summed E-state index contributed by atoms with van der Waals surface area (Å²) in [5.74, 6) is 0. The van der Waals surface area contributed by atoms with Crippen molar-refractivity contribution in [2.24, 2.45) is 0 Å². The van der Waals surface area contributed by atoms with E-state index in [9.17, 15) is 0 Å². The van der Waals surface area contributed by atoms with Crippen LogP contribution in [0.5, 0.6) is 0 Å². The van der Waals surface area contributed by atoms with E-state index in [0.717, 1.165) is 24.4 Å². The molecule has 0 aliphatic heterocycles. The molecule has 112 valence electrons. The maximum atomic E-state index is 5.97. The fraction of sp³-hybridized carbons (Fsp3) is 0.333. The summed E-state index contributed by atoms with van der Waals surface area (Å²) in [6.45, 7) is 5.32. The van der Waals surface area contributed by atoms with Crippen LogP contribution in [-0.2, 0) is 6.42 Å². The van der Waals surface area contributed by atoms with Gasteiger partial charge in [0.2, 0.25) is 0 Å². The third-order valence-corrected chi connectivity index (χ3v) is 4.70. The molecule has 1 unspecified atom stereocenters. The first-order valence-electron chi connectivity index (χ1n) is 7.34. The lowest BCUT2D eigenvalue weighted by molar-refractivity contribution is 0.529. The van der Waals surface area contributed by atoms with E-state index in [1.54, 1.807) is 0 Å². The van der Waals surface area contributed by atoms with Crippen LogP contribution >= 0.6 is 27.5 Å². The highest BCUT2D eigenvalue weighted by Gasteiger charge is 2.12. The van der Waals surface area contributed by atoms with Gasteiger partial charge in [0.1, 0.15) is 0 Å². The molecule has 21 heavy (non-hydrogen) atoms. The van der Waals surface area contributed by atoms with E-state index in [0.29, 0.717) is 6.04 Å². The lowest BCUT2D eigenvalue weighted by Gasteiger charge is -2.20. The van der Waals surface area contributed by atoms with Gasteiger partial charge >= 0.3 is 0 Å². The van der Waals surface area contributed by atoms with E-state index in [-0.39, 0.29) is 0 Å². The molecule has 0 bridgehead atoms. The molecule has 3 heteroatoms. The van der Waals surface area contributed by atoms with Crippen molar-refractivity contribution in [2.45, 2.75) is 32.7 Å². The average Bonchev–Trinajstić information content (AvgIpc) is 2.48. The van der Waals surface area contributed by atoms with Gasteiger partial charge in [-0.1, -0.05) is 58.7 Å². The van der Waals surface area contributed by atoms with Crippen LogP contribution in [0.3, 0.4) is 0 Å². The van der Waals surface area contributed by atoms with Crippen LogP contribution in [0.2, 0.25) is 5.02 Å². The van der Waals surface area contributed by atoms with Crippen LogP contribution < -0.4 is 5.32 Å². The number of halogens is 2. The molecule has 1 nitrogen and oxygen atoms in total. The first kappa shape index (κ1) is 16.5. The van der Waals surface area contributed by atoms with E-state index in [1.165, 1.54) is 21.2 Å². The maximum absolute atomic E-state index is 5.97. The van der Waals surface area contributed by atoms with E-state index in [2.05, 4.69) is 65.4 Å². The van der Waals surface area contributed by atoms with Crippen LogP contribution in [0.4, 0.5) is 0 Å². The summed E-state index contributed by atoms with van der Waals surface area (Å²) in [6.07, 6.45) is 2.09. The highest BCUT2D eigenvalue weighted by atomic mass is 79.9. The molecule has 0 fully saturated rings. The smallest absolute Gasteiger partial charge is 0.0406 e. The third-order valence-electron chi connectivity index (χ3n) is 3.59. The molecule has 0 saturated heterocycles. The molecule has 1 N–H and O–H groups in total. The monoisotopic (exact) mass is 365 g/mol. The second-order valence-corrected chi connectivity index (χ2v) is 6.64. The summed E-state index contributed by atoms with van der Waals surface area (Å²) < 4.78 is 1.17. The summed E-state index contributed by atoms with van der Waals surface area (Å²) in [4.78, 5) is 0. The normalized spacial score (nSPS) is 12.4. The highest BCUT2D eigenvalue weighted by Crippen LogP contribution is 2.25. The van der Waals surface area contributed by atoms with E-state index in [4.69, 9.17) is 11.6 Å². The van der Waals surface area contributed by atoms with Gasteiger partial charge in [0.05, 0.1) is 0 Å². The third kappa shape index (κ3) is 4.84. The Morgan fingerprint density at radius 1 is 1.14 bits per heavy atom. The first-order chi connectivity index (χ1) is 10.1. The number of rotatable bonds is 6. The molecule has 0 aliphatic carbocycles. The summed E-state index contributed by atoms with van der Waals surface area (Å²) in [5, 5.41) is 4.43. The van der Waals surface area contributed by atoms with Crippen LogP contribution in [0.15, 0.2) is 46.9 Å². The van der Waals surface area contributed by atoms with Crippen molar-refractivity contribution in [3.8, 4) is 0 Å². The Bertz CT molecular complexity index is 580. The number of aryl methyl sites for hydroxylation is 1. The zero-order valence-electron chi connectivity index (χ0n) is 12.5. The summed E-state index contributed by atoms with van der Waals surface area (Å²) in [6, 6.07) is 15.0. The van der Waals surface area contributed by atoms with Gasteiger partial charge in [-0.2, -0.15) is 0 Å². The van der Waals surface area contributed by atoms with E-state index < -0.39 is 0 Å². The highest BCUT2D eigenvalue weighted by molar-refractivity contribution is 9.10. The fourth-order valence-electron chi connectivity index (χ4n) is 2.31. The predicted octanol–water partition coefficient (Wildman–Crippen LogP) is 5.69. The Morgan fingerprint density at radius 2 is 1.86 bits per heavy atom. The number of hydrogen-bond donors (Lipinski definition) is 1. The molecule has 0 aromatic heterocycles. The van der Waals surface area contributed by atoms with Gasteiger partial charge in [-0.3, -0.25) is 0 Å². The summed E-state index contributed by atoms with van der Waals surface area (Å²) in [7, 11) is 0. The molecule has 0 spiro atoms. The molecule has 2 aromatic carbocycles. The van der Waals surface area contributed by atoms with Crippen LogP contribution in [0.25, 0.3) is 0 Å². The zero-order chi connectivity index (χ0) is 15.2. The molecule has 1 atom stereocenters. The second kappa shape index (κ2) is 7.98. The summed E-state index contributed by atoms with van der Waals surface area (Å²) in [5.41, 5.74) is 3.88. The van der Waals surface area contributed by atoms with Crippen LogP contribution in [-0.4, -0.2) is 6.54 Å². The van der Waals surface area contributed by atoms with Crippen molar-refractivity contribution in [1.29, 1.82) is 0 Å². The van der Waals surface area contributed by atoms with Gasteiger partial charge in [-0.05, 0) is 61.2 Å². The Balaban J connectivity index is 2.20.